The van der Waals surface area contributed by atoms with Crippen molar-refractivity contribution in [2.45, 2.75) is 63.2 Å². The van der Waals surface area contributed by atoms with Gasteiger partial charge in [-0.3, -0.25) is 19.8 Å². The maximum absolute atomic E-state index is 13.2. The second-order valence-corrected chi connectivity index (χ2v) is 10.1. The lowest BCUT2D eigenvalue weighted by atomic mass is 9.70. The highest BCUT2D eigenvalue weighted by Gasteiger charge is 2.45. The molecule has 37 heavy (non-hydrogen) atoms. The molecule has 1 heterocycles. The summed E-state index contributed by atoms with van der Waals surface area (Å²) in [5, 5.41) is 34.9. The number of carbonyl (C=O) groups is 2. The van der Waals surface area contributed by atoms with Crippen LogP contribution in [0.4, 0.5) is 0 Å². The van der Waals surface area contributed by atoms with Gasteiger partial charge in [-0.2, -0.15) is 0 Å². The van der Waals surface area contributed by atoms with Crippen LogP contribution in [0.15, 0.2) is 60.8 Å². The van der Waals surface area contributed by atoms with Crippen molar-refractivity contribution in [1.29, 1.82) is 0 Å². The molecule has 1 aliphatic rings. The number of nitrogens with zero attached hydrogens (tertiary/aromatic N) is 2. The van der Waals surface area contributed by atoms with Crippen LogP contribution in [0.2, 0.25) is 0 Å². The van der Waals surface area contributed by atoms with E-state index in [0.717, 1.165) is 18.4 Å². The van der Waals surface area contributed by atoms with E-state index < -0.39 is 35.5 Å². The topological polar surface area (TPSA) is 145 Å². The molecule has 196 valence electrons. The van der Waals surface area contributed by atoms with Crippen LogP contribution in [-0.2, 0) is 11.2 Å². The van der Waals surface area contributed by atoms with Crippen LogP contribution in [0, 0.1) is 11.8 Å². The van der Waals surface area contributed by atoms with Gasteiger partial charge in [0.15, 0.2) is 0 Å². The number of fused-ring (bicyclic) bond motifs is 1. The monoisotopic (exact) mass is 506 g/mol. The zero-order valence-corrected chi connectivity index (χ0v) is 20.9. The number of hydrogen-bond donors (Lipinski definition) is 5. The van der Waals surface area contributed by atoms with Crippen molar-refractivity contribution in [2.24, 2.45) is 11.8 Å². The highest BCUT2D eigenvalue weighted by Crippen LogP contribution is 2.39. The number of rotatable bonds is 9. The minimum Gasteiger partial charge on any atom is -0.391 e. The van der Waals surface area contributed by atoms with Gasteiger partial charge in [0.1, 0.15) is 5.69 Å². The number of benzene rings is 2. The highest BCUT2D eigenvalue weighted by atomic mass is 16.5. The van der Waals surface area contributed by atoms with E-state index in [9.17, 15) is 25.0 Å². The van der Waals surface area contributed by atoms with Gasteiger partial charge in [-0.15, -0.1) is 0 Å². The van der Waals surface area contributed by atoms with Crippen molar-refractivity contribution >= 4 is 22.8 Å². The minimum atomic E-state index is -1.36. The van der Waals surface area contributed by atoms with E-state index in [2.05, 4.69) is 22.2 Å². The van der Waals surface area contributed by atoms with Crippen molar-refractivity contribution < 1.29 is 25.0 Å². The molecule has 0 unspecified atom stereocenters. The number of aliphatic hydroxyl groups is 2. The predicted molar refractivity (Wildman–Crippen MR) is 138 cm³/mol. The summed E-state index contributed by atoms with van der Waals surface area (Å²) >= 11 is 0. The Labute approximate surface area is 215 Å². The third kappa shape index (κ3) is 6.49. The van der Waals surface area contributed by atoms with Crippen LogP contribution in [0.1, 0.15) is 55.1 Å². The van der Waals surface area contributed by atoms with Gasteiger partial charge in [0.05, 0.1) is 40.9 Å². The van der Waals surface area contributed by atoms with Gasteiger partial charge in [0.2, 0.25) is 5.91 Å². The molecule has 0 aliphatic heterocycles. The molecule has 9 nitrogen and oxygen atoms in total. The first-order valence-corrected chi connectivity index (χ1v) is 12.7. The Balaban J connectivity index is 1.57. The largest absolute Gasteiger partial charge is 0.391 e. The van der Waals surface area contributed by atoms with Crippen molar-refractivity contribution in [2.75, 3.05) is 0 Å². The normalized spacial score (nSPS) is 22.1. The SMILES string of the molecule is CC1CCC(O)([C@H](C[C@H](O)[C@H](Cc2ccccc2)NC(=O)c2cnc3ccccc3n2)C(=O)NO)CC1. The van der Waals surface area contributed by atoms with Crippen LogP contribution < -0.4 is 10.8 Å². The molecule has 1 saturated carbocycles. The summed E-state index contributed by atoms with van der Waals surface area (Å²) in [5.74, 6) is -1.88. The summed E-state index contributed by atoms with van der Waals surface area (Å²) in [7, 11) is 0. The lowest BCUT2D eigenvalue weighted by Gasteiger charge is -2.41. The number of amides is 2. The second kappa shape index (κ2) is 11.8. The Morgan fingerprint density at radius 2 is 1.70 bits per heavy atom. The molecule has 1 aromatic heterocycles. The van der Waals surface area contributed by atoms with Gasteiger partial charge in [-0.05, 0) is 62.1 Å². The predicted octanol–water partition coefficient (Wildman–Crippen LogP) is 2.78. The zero-order valence-electron chi connectivity index (χ0n) is 20.9. The molecule has 9 heteroatoms. The number of hydrogen-bond acceptors (Lipinski definition) is 7. The van der Waals surface area contributed by atoms with E-state index >= 15 is 0 Å². The fourth-order valence-corrected chi connectivity index (χ4v) is 5.12. The fourth-order valence-electron chi connectivity index (χ4n) is 5.12. The number of aromatic nitrogens is 2. The fraction of sp³-hybridized carbons (Fsp3) is 0.429. The number of aliphatic hydroxyl groups excluding tert-OH is 1. The Morgan fingerprint density at radius 3 is 2.38 bits per heavy atom. The Kier molecular flexibility index (Phi) is 8.48. The molecular formula is C28H34N4O5. The first kappa shape index (κ1) is 26.7. The zero-order chi connectivity index (χ0) is 26.4. The van der Waals surface area contributed by atoms with E-state index in [1.807, 2.05) is 42.5 Å². The van der Waals surface area contributed by atoms with Gasteiger partial charge < -0.3 is 15.5 Å². The Bertz CT molecular complexity index is 1210. The van der Waals surface area contributed by atoms with Gasteiger partial charge in [-0.1, -0.05) is 49.4 Å². The summed E-state index contributed by atoms with van der Waals surface area (Å²) in [6.07, 6.45) is 2.61. The molecule has 0 saturated heterocycles. The quantitative estimate of drug-likeness (QED) is 0.222. The summed E-state index contributed by atoms with van der Waals surface area (Å²) < 4.78 is 0. The smallest absolute Gasteiger partial charge is 0.271 e. The van der Waals surface area contributed by atoms with Crippen LogP contribution in [-0.4, -0.2) is 54.9 Å². The summed E-state index contributed by atoms with van der Waals surface area (Å²) in [6.45, 7) is 2.09. The third-order valence-corrected chi connectivity index (χ3v) is 7.45. The van der Waals surface area contributed by atoms with Crippen LogP contribution in [0.25, 0.3) is 11.0 Å². The second-order valence-electron chi connectivity index (χ2n) is 10.1. The molecule has 1 fully saturated rings. The lowest BCUT2D eigenvalue weighted by Crippen LogP contribution is -2.52. The third-order valence-electron chi connectivity index (χ3n) is 7.45. The van der Waals surface area contributed by atoms with Crippen molar-refractivity contribution in [1.82, 2.24) is 20.8 Å². The Hall–Kier alpha value is -3.40. The molecular weight excluding hydrogens is 472 g/mol. The van der Waals surface area contributed by atoms with Crippen LogP contribution in [0.5, 0.6) is 0 Å². The van der Waals surface area contributed by atoms with E-state index in [0.29, 0.717) is 29.8 Å². The van der Waals surface area contributed by atoms with Crippen LogP contribution in [0.3, 0.4) is 0 Å². The van der Waals surface area contributed by atoms with Gasteiger partial charge in [-0.25, -0.2) is 10.5 Å². The molecule has 2 amide bonds. The van der Waals surface area contributed by atoms with Crippen molar-refractivity contribution in [3.8, 4) is 0 Å². The van der Waals surface area contributed by atoms with E-state index in [4.69, 9.17) is 0 Å². The number of nitrogens with one attached hydrogen (secondary N) is 2. The number of carbonyl (C=O) groups excluding carboxylic acids is 2. The van der Waals surface area contributed by atoms with Gasteiger partial charge in [0, 0.05) is 0 Å². The average Bonchev–Trinajstić information content (AvgIpc) is 2.92. The van der Waals surface area contributed by atoms with E-state index in [1.165, 1.54) is 6.20 Å². The number of hydroxylamine groups is 1. The molecule has 1 aliphatic carbocycles. The lowest BCUT2D eigenvalue weighted by molar-refractivity contribution is -0.150. The van der Waals surface area contributed by atoms with Gasteiger partial charge >= 0.3 is 0 Å². The van der Waals surface area contributed by atoms with Gasteiger partial charge in [0.25, 0.3) is 5.91 Å². The first-order valence-electron chi connectivity index (χ1n) is 12.7. The summed E-state index contributed by atoms with van der Waals surface area (Å²) in [6, 6.07) is 15.8. The molecule has 3 atom stereocenters. The highest BCUT2D eigenvalue weighted by molar-refractivity contribution is 5.94. The molecule has 2 aromatic carbocycles. The standard InChI is InChI=1S/C28H34N4O5/c1-18-11-13-28(36,14-12-18)20(26(34)32-37)16-25(33)23(15-19-7-3-2-4-8-19)31-27(35)24-17-29-21-9-5-6-10-22(21)30-24/h2-10,17-18,20,23,25,33,36-37H,11-16H2,1H3,(H,31,35)(H,32,34)/t18?,20-,23+,25+,28?/m1/s1. The maximum atomic E-state index is 13.2. The van der Waals surface area contributed by atoms with Crippen molar-refractivity contribution in [3.63, 3.8) is 0 Å². The van der Waals surface area contributed by atoms with E-state index in [-0.39, 0.29) is 18.5 Å². The number of para-hydroxylation sites is 2. The molecule has 0 radical (unpaired) electrons. The van der Waals surface area contributed by atoms with E-state index in [1.54, 1.807) is 17.6 Å². The minimum absolute atomic E-state index is 0.105. The molecule has 0 spiro atoms. The maximum Gasteiger partial charge on any atom is 0.271 e. The average molecular weight is 507 g/mol. The summed E-state index contributed by atoms with van der Waals surface area (Å²) in [4.78, 5) is 34.5. The summed E-state index contributed by atoms with van der Waals surface area (Å²) in [5.41, 5.74) is 2.52. The molecule has 3 aromatic rings. The van der Waals surface area contributed by atoms with Crippen LogP contribution >= 0.6 is 0 Å². The first-order chi connectivity index (χ1) is 17.8. The molecule has 0 bridgehead atoms. The molecule has 5 N–H and O–H groups in total. The molecule has 4 rings (SSSR count). The van der Waals surface area contributed by atoms with Crippen molar-refractivity contribution in [3.05, 3.63) is 72.1 Å². The Morgan fingerprint density at radius 1 is 1.05 bits per heavy atom.